The van der Waals surface area contributed by atoms with Crippen molar-refractivity contribution in [2.24, 2.45) is 0 Å². The first kappa shape index (κ1) is 17.8. The predicted octanol–water partition coefficient (Wildman–Crippen LogP) is 2.23. The zero-order valence-corrected chi connectivity index (χ0v) is 14.2. The van der Waals surface area contributed by atoms with Crippen molar-refractivity contribution in [2.45, 2.75) is 51.4 Å². The van der Waals surface area contributed by atoms with Crippen LogP contribution in [0.5, 0.6) is 5.75 Å². The van der Waals surface area contributed by atoms with Crippen LogP contribution in [0.15, 0.2) is 30.3 Å². The molecule has 2 atom stereocenters. The Bertz CT molecular complexity index is 503. The number of carbonyl (C=O) groups excluding carboxylic acids is 1. The number of hydrogen-bond donors (Lipinski definition) is 1. The highest BCUT2D eigenvalue weighted by Gasteiger charge is 2.36. The molecule has 2 rings (SSSR count). The molecule has 0 spiro atoms. The summed E-state index contributed by atoms with van der Waals surface area (Å²) in [5, 5.41) is 9.70. The average Bonchev–Trinajstić information content (AvgIpc) is 2.52. The van der Waals surface area contributed by atoms with Crippen molar-refractivity contribution < 1.29 is 19.4 Å². The number of carbonyl (C=O) groups is 1. The Labute approximate surface area is 138 Å². The highest BCUT2D eigenvalue weighted by Crippen LogP contribution is 2.23. The Hall–Kier alpha value is -1.59. The first-order valence-corrected chi connectivity index (χ1v) is 8.21. The average molecular weight is 321 g/mol. The van der Waals surface area contributed by atoms with Crippen LogP contribution in [0.1, 0.15) is 33.6 Å². The van der Waals surface area contributed by atoms with E-state index in [4.69, 9.17) is 9.47 Å². The summed E-state index contributed by atoms with van der Waals surface area (Å²) in [6.45, 7) is 7.23. The number of para-hydroxylation sites is 1. The molecule has 1 N–H and O–H groups in total. The van der Waals surface area contributed by atoms with Gasteiger partial charge in [-0.2, -0.15) is 0 Å². The number of amides is 1. The Morgan fingerprint density at radius 1 is 1.43 bits per heavy atom. The van der Waals surface area contributed by atoms with Crippen molar-refractivity contribution in [1.82, 2.24) is 4.90 Å². The molecule has 0 unspecified atom stereocenters. The fourth-order valence-electron chi connectivity index (χ4n) is 2.75. The lowest BCUT2D eigenvalue weighted by Gasteiger charge is -2.42. The van der Waals surface area contributed by atoms with E-state index in [0.717, 1.165) is 5.75 Å². The number of nitrogens with zero attached hydrogens (tertiary/aromatic N) is 1. The molecule has 1 aromatic carbocycles. The number of aliphatic hydroxyl groups is 1. The maximum Gasteiger partial charge on any atom is 0.225 e. The SMILES string of the molecule is CC[C@@H](O)CC(=O)N1C[C@H](COc2ccccc2)OC(C)(C)C1. The Morgan fingerprint density at radius 3 is 2.78 bits per heavy atom. The normalized spacial score (nSPS) is 21.7. The molecule has 1 aliphatic rings. The largest absolute Gasteiger partial charge is 0.491 e. The van der Waals surface area contributed by atoms with Gasteiger partial charge in [-0.15, -0.1) is 0 Å². The smallest absolute Gasteiger partial charge is 0.225 e. The van der Waals surface area contributed by atoms with Crippen LogP contribution in [-0.4, -0.2) is 53.4 Å². The summed E-state index contributed by atoms with van der Waals surface area (Å²) in [6.07, 6.45) is -0.00654. The molecule has 1 fully saturated rings. The molecule has 5 nitrogen and oxygen atoms in total. The minimum absolute atomic E-state index is 0.0274. The highest BCUT2D eigenvalue weighted by atomic mass is 16.5. The van der Waals surface area contributed by atoms with E-state index in [2.05, 4.69) is 0 Å². The van der Waals surface area contributed by atoms with Crippen molar-refractivity contribution in [3.05, 3.63) is 30.3 Å². The Kier molecular flexibility index (Phi) is 6.02. The Balaban J connectivity index is 1.94. The van der Waals surface area contributed by atoms with Crippen molar-refractivity contribution in [3.8, 4) is 5.75 Å². The molecule has 1 aromatic rings. The van der Waals surface area contributed by atoms with Crippen LogP contribution >= 0.6 is 0 Å². The number of morpholine rings is 1. The molecule has 1 aliphatic heterocycles. The lowest BCUT2D eigenvalue weighted by molar-refractivity contribution is -0.166. The van der Waals surface area contributed by atoms with Gasteiger partial charge in [-0.25, -0.2) is 0 Å². The quantitative estimate of drug-likeness (QED) is 0.873. The zero-order chi connectivity index (χ0) is 16.9. The first-order chi connectivity index (χ1) is 10.9. The van der Waals surface area contributed by atoms with E-state index in [1.807, 2.05) is 51.1 Å². The van der Waals surface area contributed by atoms with E-state index in [0.29, 0.717) is 26.1 Å². The molecule has 0 aromatic heterocycles. The van der Waals surface area contributed by atoms with Crippen LogP contribution in [0.25, 0.3) is 0 Å². The summed E-state index contributed by atoms with van der Waals surface area (Å²) < 4.78 is 11.8. The van der Waals surface area contributed by atoms with Gasteiger partial charge in [0.2, 0.25) is 5.91 Å². The van der Waals surface area contributed by atoms with E-state index < -0.39 is 11.7 Å². The van der Waals surface area contributed by atoms with Gasteiger partial charge in [-0.05, 0) is 32.4 Å². The highest BCUT2D eigenvalue weighted by molar-refractivity contribution is 5.77. The van der Waals surface area contributed by atoms with Gasteiger partial charge in [0, 0.05) is 6.54 Å². The third-order valence-corrected chi connectivity index (χ3v) is 3.89. The molecule has 5 heteroatoms. The van der Waals surface area contributed by atoms with Crippen LogP contribution in [0, 0.1) is 0 Å². The molecule has 0 radical (unpaired) electrons. The molecule has 23 heavy (non-hydrogen) atoms. The maximum absolute atomic E-state index is 12.3. The summed E-state index contributed by atoms with van der Waals surface area (Å²) in [5.74, 6) is 0.763. The van der Waals surface area contributed by atoms with Gasteiger partial charge in [0.1, 0.15) is 18.5 Å². The van der Waals surface area contributed by atoms with Crippen LogP contribution in [0.3, 0.4) is 0 Å². The Morgan fingerprint density at radius 2 is 2.13 bits per heavy atom. The zero-order valence-electron chi connectivity index (χ0n) is 14.2. The van der Waals surface area contributed by atoms with Gasteiger partial charge in [-0.1, -0.05) is 25.1 Å². The van der Waals surface area contributed by atoms with Gasteiger partial charge >= 0.3 is 0 Å². The summed E-state index contributed by atoms with van der Waals surface area (Å²) in [6, 6.07) is 9.57. The van der Waals surface area contributed by atoms with Crippen LogP contribution in [0.2, 0.25) is 0 Å². The number of rotatable bonds is 6. The van der Waals surface area contributed by atoms with Crippen molar-refractivity contribution in [3.63, 3.8) is 0 Å². The minimum Gasteiger partial charge on any atom is -0.491 e. The molecule has 128 valence electrons. The van der Waals surface area contributed by atoms with Crippen LogP contribution in [-0.2, 0) is 9.53 Å². The molecular weight excluding hydrogens is 294 g/mol. The summed E-state index contributed by atoms with van der Waals surface area (Å²) >= 11 is 0. The van der Waals surface area contributed by atoms with Crippen molar-refractivity contribution in [1.29, 1.82) is 0 Å². The molecule has 1 amide bonds. The van der Waals surface area contributed by atoms with Crippen molar-refractivity contribution >= 4 is 5.91 Å². The number of benzene rings is 1. The van der Waals surface area contributed by atoms with E-state index >= 15 is 0 Å². The molecule has 0 bridgehead atoms. The standard InChI is InChI=1S/C18H27NO4/c1-4-14(20)10-17(21)19-11-16(23-18(2,3)13-19)12-22-15-8-6-5-7-9-15/h5-9,14,16,20H,4,10-13H2,1-3H3/t14-,16-/m1/s1. The predicted molar refractivity (Wildman–Crippen MR) is 88.4 cm³/mol. The third-order valence-electron chi connectivity index (χ3n) is 3.89. The fraction of sp³-hybridized carbons (Fsp3) is 0.611. The summed E-state index contributed by atoms with van der Waals surface area (Å²) in [5.41, 5.74) is -0.421. The summed E-state index contributed by atoms with van der Waals surface area (Å²) in [4.78, 5) is 14.1. The van der Waals surface area contributed by atoms with Gasteiger partial charge < -0.3 is 19.5 Å². The minimum atomic E-state index is -0.576. The molecular formula is C18H27NO4. The lowest BCUT2D eigenvalue weighted by atomic mass is 10.0. The maximum atomic E-state index is 12.3. The molecule has 1 heterocycles. The van der Waals surface area contributed by atoms with E-state index in [1.54, 1.807) is 4.90 Å². The second-order valence-corrected chi connectivity index (χ2v) is 6.66. The number of hydrogen-bond acceptors (Lipinski definition) is 4. The van der Waals surface area contributed by atoms with Crippen molar-refractivity contribution in [2.75, 3.05) is 19.7 Å². The second kappa shape index (κ2) is 7.79. The van der Waals surface area contributed by atoms with Crippen LogP contribution in [0.4, 0.5) is 0 Å². The number of aliphatic hydroxyl groups excluding tert-OH is 1. The van der Waals surface area contributed by atoms with E-state index in [1.165, 1.54) is 0 Å². The van der Waals surface area contributed by atoms with E-state index in [9.17, 15) is 9.90 Å². The van der Waals surface area contributed by atoms with E-state index in [-0.39, 0.29) is 18.4 Å². The third kappa shape index (κ3) is 5.52. The number of ether oxygens (including phenoxy) is 2. The van der Waals surface area contributed by atoms with Gasteiger partial charge in [0.25, 0.3) is 0 Å². The first-order valence-electron chi connectivity index (χ1n) is 8.21. The monoisotopic (exact) mass is 321 g/mol. The lowest BCUT2D eigenvalue weighted by Crippen LogP contribution is -2.56. The summed E-state index contributed by atoms with van der Waals surface area (Å²) in [7, 11) is 0. The van der Waals surface area contributed by atoms with Gasteiger partial charge in [0.05, 0.1) is 24.7 Å². The molecule has 1 saturated heterocycles. The topological polar surface area (TPSA) is 59.0 Å². The van der Waals surface area contributed by atoms with Gasteiger partial charge in [-0.3, -0.25) is 4.79 Å². The second-order valence-electron chi connectivity index (χ2n) is 6.66. The van der Waals surface area contributed by atoms with Gasteiger partial charge in [0.15, 0.2) is 0 Å². The van der Waals surface area contributed by atoms with Crippen LogP contribution < -0.4 is 4.74 Å². The fourth-order valence-corrected chi connectivity index (χ4v) is 2.75. The molecule has 0 aliphatic carbocycles. The molecule has 0 saturated carbocycles.